The molecule has 0 spiro atoms. The number of hydrogen-bond acceptors (Lipinski definition) is 6. The fourth-order valence-corrected chi connectivity index (χ4v) is 4.39. The zero-order valence-electron chi connectivity index (χ0n) is 15.7. The van der Waals surface area contributed by atoms with Crippen LogP contribution in [0.3, 0.4) is 0 Å². The van der Waals surface area contributed by atoms with Crippen molar-refractivity contribution in [3.8, 4) is 16.2 Å². The maximum absolute atomic E-state index is 12.8. The molecule has 1 fully saturated rings. The van der Waals surface area contributed by atoms with Crippen LogP contribution in [-0.4, -0.2) is 40.7 Å². The minimum Gasteiger partial charge on any atom is -0.497 e. The minimum absolute atomic E-state index is 0.0337. The first-order valence-electron chi connectivity index (χ1n) is 9.32. The summed E-state index contributed by atoms with van der Waals surface area (Å²) in [5.41, 5.74) is 4.34. The summed E-state index contributed by atoms with van der Waals surface area (Å²) in [6.45, 7) is 1.68. The zero-order chi connectivity index (χ0) is 19.5. The summed E-state index contributed by atoms with van der Waals surface area (Å²) in [6.07, 6.45) is 4.81. The van der Waals surface area contributed by atoms with Gasteiger partial charge in [-0.1, -0.05) is 6.42 Å². The van der Waals surface area contributed by atoms with Crippen molar-refractivity contribution in [3.63, 3.8) is 0 Å². The van der Waals surface area contributed by atoms with Crippen LogP contribution in [0.4, 0.5) is 0 Å². The molecule has 3 heterocycles. The van der Waals surface area contributed by atoms with E-state index in [-0.39, 0.29) is 18.0 Å². The van der Waals surface area contributed by atoms with E-state index in [0.717, 1.165) is 42.1 Å². The second-order valence-corrected chi connectivity index (χ2v) is 7.87. The molecule has 0 unspecified atom stereocenters. The first-order chi connectivity index (χ1) is 13.6. The largest absolute Gasteiger partial charge is 0.497 e. The predicted octanol–water partition coefficient (Wildman–Crippen LogP) is 2.65. The average Bonchev–Trinajstić information content (AvgIpc) is 3.16. The molecule has 8 heteroatoms. The van der Waals surface area contributed by atoms with Crippen molar-refractivity contribution in [1.82, 2.24) is 20.0 Å². The quantitative estimate of drug-likeness (QED) is 0.715. The van der Waals surface area contributed by atoms with Gasteiger partial charge in [0, 0.05) is 18.0 Å². The van der Waals surface area contributed by atoms with Crippen LogP contribution in [0.5, 0.6) is 5.75 Å². The number of aromatic nitrogens is 2. The molecule has 0 aliphatic carbocycles. The molecule has 1 N–H and O–H groups in total. The van der Waals surface area contributed by atoms with Gasteiger partial charge in [-0.3, -0.25) is 19.6 Å². The summed E-state index contributed by atoms with van der Waals surface area (Å²) < 4.78 is 7.11. The normalized spacial score (nSPS) is 14.9. The number of rotatable bonds is 5. The number of hydrazine groups is 1. The second kappa shape index (κ2) is 8.12. The first kappa shape index (κ1) is 18.6. The Morgan fingerprint density at radius 2 is 1.96 bits per heavy atom. The molecule has 146 valence electrons. The summed E-state index contributed by atoms with van der Waals surface area (Å²) in [7, 11) is 1.63. The van der Waals surface area contributed by atoms with E-state index in [1.165, 1.54) is 28.7 Å². The number of benzene rings is 1. The van der Waals surface area contributed by atoms with Gasteiger partial charge < -0.3 is 4.74 Å². The maximum atomic E-state index is 12.8. The number of carbonyl (C=O) groups is 1. The number of carbonyl (C=O) groups excluding carboxylic acids is 1. The van der Waals surface area contributed by atoms with Crippen LogP contribution in [0, 0.1) is 0 Å². The summed E-state index contributed by atoms with van der Waals surface area (Å²) in [5.74, 6) is 0.585. The highest BCUT2D eigenvalue weighted by molar-refractivity contribution is 7.22. The lowest BCUT2D eigenvalue weighted by atomic mass is 10.2. The maximum Gasteiger partial charge on any atom is 0.271 e. The monoisotopic (exact) mass is 398 g/mol. The number of ether oxygens (including phenoxy) is 1. The van der Waals surface area contributed by atoms with Gasteiger partial charge in [0.15, 0.2) is 0 Å². The van der Waals surface area contributed by atoms with Crippen LogP contribution < -0.4 is 15.7 Å². The molecule has 2 aromatic heterocycles. The van der Waals surface area contributed by atoms with E-state index < -0.39 is 0 Å². The fraction of sp³-hybridized carbons (Fsp3) is 0.350. The topological polar surface area (TPSA) is 76.5 Å². The molecule has 7 nitrogen and oxygen atoms in total. The molecule has 1 amide bonds. The summed E-state index contributed by atoms with van der Waals surface area (Å²) in [5, 5.41) is 1.93. The Kier molecular flexibility index (Phi) is 5.40. The molecule has 0 bridgehead atoms. The molecule has 1 aliphatic rings. The third kappa shape index (κ3) is 3.93. The molecule has 0 radical (unpaired) electrons. The Hall–Kier alpha value is -2.71. The van der Waals surface area contributed by atoms with Crippen LogP contribution in [-0.2, 0) is 11.3 Å². The number of hydrogen-bond donors (Lipinski definition) is 1. The minimum atomic E-state index is -0.197. The number of nitrogens with one attached hydrogen (secondary N) is 1. The van der Waals surface area contributed by atoms with Gasteiger partial charge in [-0.25, -0.2) is 9.99 Å². The van der Waals surface area contributed by atoms with E-state index in [1.807, 2.05) is 35.3 Å². The van der Waals surface area contributed by atoms with Gasteiger partial charge in [-0.05, 0) is 48.7 Å². The zero-order valence-corrected chi connectivity index (χ0v) is 16.5. The van der Waals surface area contributed by atoms with Crippen molar-refractivity contribution >= 4 is 27.5 Å². The Balaban J connectivity index is 1.54. The standard InChI is InChI=1S/C20H22N4O3S/c1-27-15-7-5-14(6-8-15)17-11-16-19(28-17)20(26)23(13-21-16)12-18(25)22-24-9-3-2-4-10-24/h5-8,11,13H,2-4,9-10,12H2,1H3,(H,22,25). The van der Waals surface area contributed by atoms with Crippen molar-refractivity contribution in [1.29, 1.82) is 0 Å². The smallest absolute Gasteiger partial charge is 0.271 e. The third-order valence-corrected chi connectivity index (χ3v) is 5.99. The molecule has 4 rings (SSSR count). The van der Waals surface area contributed by atoms with Crippen molar-refractivity contribution in [2.45, 2.75) is 25.8 Å². The molecule has 3 aromatic rings. The van der Waals surface area contributed by atoms with Crippen LogP contribution >= 0.6 is 11.3 Å². The van der Waals surface area contributed by atoms with Crippen molar-refractivity contribution in [2.24, 2.45) is 0 Å². The van der Waals surface area contributed by atoms with Gasteiger partial charge in [0.25, 0.3) is 11.5 Å². The van der Waals surface area contributed by atoms with E-state index in [2.05, 4.69) is 10.4 Å². The van der Waals surface area contributed by atoms with Crippen molar-refractivity contribution < 1.29 is 9.53 Å². The highest BCUT2D eigenvalue weighted by Gasteiger charge is 2.15. The predicted molar refractivity (Wildman–Crippen MR) is 109 cm³/mol. The Morgan fingerprint density at radius 3 is 2.68 bits per heavy atom. The number of methoxy groups -OCH3 is 1. The van der Waals surface area contributed by atoms with E-state index in [0.29, 0.717) is 10.2 Å². The van der Waals surface area contributed by atoms with Gasteiger partial charge in [0.05, 0.1) is 19.0 Å². The van der Waals surface area contributed by atoms with Crippen LogP contribution in [0.1, 0.15) is 19.3 Å². The first-order valence-corrected chi connectivity index (χ1v) is 10.1. The highest BCUT2D eigenvalue weighted by atomic mass is 32.1. The molecule has 0 saturated carbocycles. The fourth-order valence-electron chi connectivity index (χ4n) is 3.33. The van der Waals surface area contributed by atoms with Crippen LogP contribution in [0.2, 0.25) is 0 Å². The summed E-state index contributed by atoms with van der Waals surface area (Å²) in [6, 6.07) is 9.58. The highest BCUT2D eigenvalue weighted by Crippen LogP contribution is 2.31. The Morgan fingerprint density at radius 1 is 1.21 bits per heavy atom. The van der Waals surface area contributed by atoms with Gasteiger partial charge in [-0.2, -0.15) is 0 Å². The van der Waals surface area contributed by atoms with Crippen molar-refractivity contribution in [3.05, 3.63) is 47.0 Å². The number of nitrogens with zero attached hydrogens (tertiary/aromatic N) is 3. The van der Waals surface area contributed by atoms with Gasteiger partial charge in [0.2, 0.25) is 0 Å². The third-order valence-electron chi connectivity index (χ3n) is 4.83. The van der Waals surface area contributed by atoms with Crippen molar-refractivity contribution in [2.75, 3.05) is 20.2 Å². The van der Waals surface area contributed by atoms with Gasteiger partial charge in [-0.15, -0.1) is 11.3 Å². The molecule has 28 heavy (non-hydrogen) atoms. The van der Waals surface area contributed by atoms with Gasteiger partial charge in [0.1, 0.15) is 17.0 Å². The molecule has 1 aliphatic heterocycles. The molecule has 1 aromatic carbocycles. The lowest BCUT2D eigenvalue weighted by Gasteiger charge is -2.26. The number of thiophene rings is 1. The average molecular weight is 398 g/mol. The van der Waals surface area contributed by atoms with Crippen LogP contribution in [0.15, 0.2) is 41.5 Å². The molecule has 1 saturated heterocycles. The second-order valence-electron chi connectivity index (χ2n) is 6.81. The summed E-state index contributed by atoms with van der Waals surface area (Å²) in [4.78, 5) is 30.5. The lowest BCUT2D eigenvalue weighted by Crippen LogP contribution is -2.46. The number of amides is 1. The SMILES string of the molecule is COc1ccc(-c2cc3ncn(CC(=O)NN4CCCCC4)c(=O)c3s2)cc1. The Bertz CT molecular complexity index is 1040. The van der Waals surface area contributed by atoms with E-state index in [1.54, 1.807) is 7.11 Å². The van der Waals surface area contributed by atoms with Crippen LogP contribution in [0.25, 0.3) is 20.7 Å². The number of fused-ring (bicyclic) bond motifs is 1. The number of piperidine rings is 1. The van der Waals surface area contributed by atoms with E-state index in [9.17, 15) is 9.59 Å². The van der Waals surface area contributed by atoms with E-state index in [4.69, 9.17) is 4.74 Å². The molecular formula is C20H22N4O3S. The Labute approximate surface area is 166 Å². The molecular weight excluding hydrogens is 376 g/mol. The summed E-state index contributed by atoms with van der Waals surface area (Å²) >= 11 is 1.39. The lowest BCUT2D eigenvalue weighted by molar-refractivity contribution is -0.127. The van der Waals surface area contributed by atoms with E-state index >= 15 is 0 Å². The van der Waals surface area contributed by atoms with Gasteiger partial charge >= 0.3 is 0 Å². The molecule has 0 atom stereocenters.